The summed E-state index contributed by atoms with van der Waals surface area (Å²) >= 11 is 0. The Hall–Kier alpha value is -2.58. The molecule has 25 heavy (non-hydrogen) atoms. The second kappa shape index (κ2) is 8.00. The van der Waals surface area contributed by atoms with Crippen LogP contribution in [0.4, 0.5) is 5.69 Å². The van der Waals surface area contributed by atoms with Crippen molar-refractivity contribution >= 4 is 22.0 Å². The van der Waals surface area contributed by atoms with E-state index in [0.29, 0.717) is 40.2 Å². The summed E-state index contributed by atoms with van der Waals surface area (Å²) in [6.45, 7) is 0.0321. The summed E-state index contributed by atoms with van der Waals surface area (Å²) in [5.74, 6) is 0.994. The van der Waals surface area contributed by atoms with Crippen molar-refractivity contribution in [3.05, 3.63) is 42.0 Å². The van der Waals surface area contributed by atoms with E-state index in [2.05, 4.69) is 4.72 Å². The number of ether oxygens (including phenoxy) is 3. The van der Waals surface area contributed by atoms with Gasteiger partial charge in [0.15, 0.2) is 13.1 Å². The molecule has 2 aromatic carbocycles. The van der Waals surface area contributed by atoms with Crippen molar-refractivity contribution in [1.82, 2.24) is 0 Å². The number of anilines is 1. The van der Waals surface area contributed by atoms with E-state index in [9.17, 15) is 13.2 Å². The molecule has 0 saturated carbocycles. The van der Waals surface area contributed by atoms with E-state index in [1.165, 1.54) is 20.3 Å². The predicted octanol–water partition coefficient (Wildman–Crippen LogP) is 2.53. The number of benzene rings is 2. The first-order valence-electron chi connectivity index (χ1n) is 7.25. The van der Waals surface area contributed by atoms with Crippen molar-refractivity contribution in [2.75, 3.05) is 32.0 Å². The molecule has 0 aromatic heterocycles. The van der Waals surface area contributed by atoms with Gasteiger partial charge < -0.3 is 14.2 Å². The smallest absolute Gasteiger partial charge is 0.229 e. The van der Waals surface area contributed by atoms with E-state index in [1.54, 1.807) is 30.3 Å². The molecule has 0 radical (unpaired) electrons. The molecule has 0 aliphatic rings. The number of hydrogen-bond acceptors (Lipinski definition) is 6. The fourth-order valence-corrected chi connectivity index (χ4v) is 2.91. The van der Waals surface area contributed by atoms with Gasteiger partial charge in [0.1, 0.15) is 11.5 Å². The van der Waals surface area contributed by atoms with Gasteiger partial charge in [-0.2, -0.15) is 0 Å². The van der Waals surface area contributed by atoms with Crippen molar-refractivity contribution in [3.8, 4) is 22.6 Å². The van der Waals surface area contributed by atoms with Crippen LogP contribution < -0.4 is 14.2 Å². The Bertz CT molecular complexity index is 863. The van der Waals surface area contributed by atoms with Gasteiger partial charge >= 0.3 is 0 Å². The van der Waals surface area contributed by atoms with E-state index in [4.69, 9.17) is 14.2 Å². The molecule has 0 spiro atoms. The molecule has 0 bridgehead atoms. The van der Waals surface area contributed by atoms with Gasteiger partial charge in [0.05, 0.1) is 18.9 Å². The Labute approximate surface area is 146 Å². The van der Waals surface area contributed by atoms with Gasteiger partial charge in [-0.15, -0.1) is 0 Å². The van der Waals surface area contributed by atoms with E-state index in [0.717, 1.165) is 6.26 Å². The van der Waals surface area contributed by atoms with Crippen molar-refractivity contribution in [1.29, 1.82) is 0 Å². The number of sulfonamides is 1. The minimum Gasteiger partial charge on any atom is -0.496 e. The van der Waals surface area contributed by atoms with E-state index in [1.807, 2.05) is 0 Å². The average molecular weight is 365 g/mol. The Kier molecular flexibility index (Phi) is 6.00. The highest BCUT2D eigenvalue weighted by Crippen LogP contribution is 2.40. The molecular weight excluding hydrogens is 346 g/mol. The molecule has 7 nitrogen and oxygen atoms in total. The molecule has 0 aliphatic heterocycles. The maximum absolute atomic E-state index is 11.6. The molecule has 134 valence electrons. The van der Waals surface area contributed by atoms with Crippen LogP contribution in [0.1, 0.15) is 10.4 Å². The van der Waals surface area contributed by atoms with Gasteiger partial charge in [-0.3, -0.25) is 9.52 Å². The standard InChI is InChI=1S/C17H19NO6S/c1-22-11-24-16-6-4-5-15(23-2)17(16)14-8-7-13(9-12(14)10-19)18-25(3,20)21/h4-10,18H,11H2,1-3H3. The first kappa shape index (κ1) is 18.8. The van der Waals surface area contributed by atoms with Gasteiger partial charge in [0, 0.05) is 18.4 Å². The van der Waals surface area contributed by atoms with Crippen LogP contribution in [0, 0.1) is 0 Å². The molecule has 0 saturated heterocycles. The highest BCUT2D eigenvalue weighted by Gasteiger charge is 2.17. The van der Waals surface area contributed by atoms with Crippen LogP contribution in [0.2, 0.25) is 0 Å². The van der Waals surface area contributed by atoms with E-state index >= 15 is 0 Å². The Balaban J connectivity index is 2.59. The number of aldehydes is 1. The molecule has 2 rings (SSSR count). The van der Waals surface area contributed by atoms with Gasteiger partial charge in [0.25, 0.3) is 0 Å². The molecule has 0 unspecified atom stereocenters. The molecule has 8 heteroatoms. The quantitative estimate of drug-likeness (QED) is 0.571. The van der Waals surface area contributed by atoms with E-state index < -0.39 is 10.0 Å². The third-order valence-electron chi connectivity index (χ3n) is 3.29. The molecular formula is C17H19NO6S. The van der Waals surface area contributed by atoms with Crippen LogP contribution in [0.25, 0.3) is 11.1 Å². The van der Waals surface area contributed by atoms with Gasteiger partial charge in [0.2, 0.25) is 10.0 Å². The third-order valence-corrected chi connectivity index (χ3v) is 3.90. The topological polar surface area (TPSA) is 90.9 Å². The Morgan fingerprint density at radius 1 is 1.12 bits per heavy atom. The maximum atomic E-state index is 11.6. The molecule has 2 aromatic rings. The Morgan fingerprint density at radius 2 is 1.84 bits per heavy atom. The van der Waals surface area contributed by atoms with Gasteiger partial charge in [-0.05, 0) is 29.8 Å². The third kappa shape index (κ3) is 4.71. The maximum Gasteiger partial charge on any atom is 0.229 e. The summed E-state index contributed by atoms with van der Waals surface area (Å²) in [5, 5.41) is 0. The first-order chi connectivity index (χ1) is 11.9. The second-order valence-corrected chi connectivity index (χ2v) is 6.93. The summed E-state index contributed by atoms with van der Waals surface area (Å²) in [4.78, 5) is 11.6. The summed E-state index contributed by atoms with van der Waals surface area (Å²) in [6, 6.07) is 9.88. The predicted molar refractivity (Wildman–Crippen MR) is 94.8 cm³/mol. The lowest BCUT2D eigenvalue weighted by molar-refractivity contribution is 0.0514. The fraction of sp³-hybridized carbons (Fsp3) is 0.235. The SMILES string of the molecule is COCOc1cccc(OC)c1-c1ccc(NS(C)(=O)=O)cc1C=O. The number of methoxy groups -OCH3 is 2. The highest BCUT2D eigenvalue weighted by molar-refractivity contribution is 7.92. The monoisotopic (exact) mass is 365 g/mol. The number of carbonyl (C=O) groups excluding carboxylic acids is 1. The zero-order valence-electron chi connectivity index (χ0n) is 14.1. The molecule has 0 aliphatic carbocycles. The molecule has 0 amide bonds. The normalized spacial score (nSPS) is 11.0. The molecule has 0 atom stereocenters. The lowest BCUT2D eigenvalue weighted by atomic mass is 9.98. The van der Waals surface area contributed by atoms with Crippen LogP contribution in [0.3, 0.4) is 0 Å². The van der Waals surface area contributed by atoms with Crippen LogP contribution in [0.5, 0.6) is 11.5 Å². The zero-order chi connectivity index (χ0) is 18.4. The van der Waals surface area contributed by atoms with Crippen LogP contribution in [-0.2, 0) is 14.8 Å². The van der Waals surface area contributed by atoms with Crippen LogP contribution in [-0.4, -0.2) is 42.0 Å². The van der Waals surface area contributed by atoms with Crippen molar-refractivity contribution in [3.63, 3.8) is 0 Å². The lowest BCUT2D eigenvalue weighted by Crippen LogP contribution is -2.10. The minimum atomic E-state index is -3.44. The number of carbonyl (C=O) groups is 1. The number of nitrogens with one attached hydrogen (secondary N) is 1. The zero-order valence-corrected chi connectivity index (χ0v) is 14.9. The largest absolute Gasteiger partial charge is 0.496 e. The second-order valence-electron chi connectivity index (χ2n) is 5.18. The van der Waals surface area contributed by atoms with Crippen molar-refractivity contribution < 1.29 is 27.4 Å². The average Bonchev–Trinajstić information content (AvgIpc) is 2.58. The number of rotatable bonds is 8. The molecule has 0 fully saturated rings. The summed E-state index contributed by atoms with van der Waals surface area (Å²) in [5.41, 5.74) is 1.72. The van der Waals surface area contributed by atoms with Gasteiger partial charge in [-0.25, -0.2) is 8.42 Å². The lowest BCUT2D eigenvalue weighted by Gasteiger charge is -2.16. The van der Waals surface area contributed by atoms with E-state index in [-0.39, 0.29) is 6.79 Å². The van der Waals surface area contributed by atoms with Crippen molar-refractivity contribution in [2.24, 2.45) is 0 Å². The van der Waals surface area contributed by atoms with Crippen LogP contribution in [0.15, 0.2) is 36.4 Å². The fourth-order valence-electron chi connectivity index (χ4n) is 2.35. The molecule has 0 heterocycles. The highest BCUT2D eigenvalue weighted by atomic mass is 32.2. The molecule has 1 N–H and O–H groups in total. The van der Waals surface area contributed by atoms with Crippen LogP contribution >= 0.6 is 0 Å². The van der Waals surface area contributed by atoms with Crippen molar-refractivity contribution in [2.45, 2.75) is 0 Å². The summed E-state index contributed by atoms with van der Waals surface area (Å²) in [6.07, 6.45) is 1.69. The number of hydrogen-bond donors (Lipinski definition) is 1. The summed E-state index contributed by atoms with van der Waals surface area (Å²) in [7, 11) is -0.429. The first-order valence-corrected chi connectivity index (χ1v) is 9.15. The van der Waals surface area contributed by atoms with Gasteiger partial charge in [-0.1, -0.05) is 12.1 Å². The minimum absolute atomic E-state index is 0.0321. The summed E-state index contributed by atoms with van der Waals surface area (Å²) < 4.78 is 41.0. The Morgan fingerprint density at radius 3 is 2.44 bits per heavy atom.